The van der Waals surface area contributed by atoms with Crippen LogP contribution in [0.25, 0.3) is 0 Å². The molecule has 9 heteroatoms. The highest BCUT2D eigenvalue weighted by Crippen LogP contribution is 2.28. The van der Waals surface area contributed by atoms with E-state index in [-0.39, 0.29) is 23.4 Å². The number of aryl methyl sites for hydroxylation is 2. The number of anilines is 1. The van der Waals surface area contributed by atoms with Crippen molar-refractivity contribution in [1.29, 1.82) is 0 Å². The number of amides is 2. The molecular weight excluding hydrogens is 526 g/mol. The van der Waals surface area contributed by atoms with Crippen LogP contribution in [0, 0.1) is 13.8 Å². The summed E-state index contributed by atoms with van der Waals surface area (Å²) in [5.41, 5.74) is 2.76. The molecule has 2 amide bonds. The molecule has 8 nitrogen and oxygen atoms in total. The van der Waals surface area contributed by atoms with Crippen molar-refractivity contribution in [2.45, 2.75) is 64.6 Å². The summed E-state index contributed by atoms with van der Waals surface area (Å²) in [6.45, 7) is 8.84. The highest BCUT2D eigenvalue weighted by Gasteiger charge is 2.33. The molecule has 0 saturated heterocycles. The highest BCUT2D eigenvalue weighted by atomic mass is 32.2. The van der Waals surface area contributed by atoms with E-state index in [4.69, 9.17) is 4.74 Å². The zero-order chi connectivity index (χ0) is 29.4. The van der Waals surface area contributed by atoms with E-state index in [0.29, 0.717) is 17.0 Å². The van der Waals surface area contributed by atoms with Gasteiger partial charge in [-0.05, 0) is 81.1 Å². The summed E-state index contributed by atoms with van der Waals surface area (Å²) < 4.78 is 34.3. The summed E-state index contributed by atoms with van der Waals surface area (Å²) in [5.74, 6) is -0.136. The van der Waals surface area contributed by atoms with Gasteiger partial charge < -0.3 is 15.0 Å². The van der Waals surface area contributed by atoms with Gasteiger partial charge in [-0.3, -0.25) is 13.9 Å². The molecule has 0 unspecified atom stereocenters. The normalized spacial score (nSPS) is 12.8. The van der Waals surface area contributed by atoms with Gasteiger partial charge in [0.25, 0.3) is 10.0 Å². The predicted molar refractivity (Wildman–Crippen MR) is 158 cm³/mol. The van der Waals surface area contributed by atoms with Crippen molar-refractivity contribution in [3.63, 3.8) is 0 Å². The monoisotopic (exact) mass is 565 g/mol. The van der Waals surface area contributed by atoms with Gasteiger partial charge in [0.1, 0.15) is 18.3 Å². The lowest BCUT2D eigenvalue weighted by Gasteiger charge is -2.33. The predicted octanol–water partition coefficient (Wildman–Crippen LogP) is 4.84. The molecule has 0 aliphatic carbocycles. The smallest absolute Gasteiger partial charge is 0.264 e. The number of rotatable bonds is 12. The zero-order valence-corrected chi connectivity index (χ0v) is 24.9. The zero-order valence-electron chi connectivity index (χ0n) is 24.0. The van der Waals surface area contributed by atoms with Gasteiger partial charge >= 0.3 is 0 Å². The van der Waals surface area contributed by atoms with Crippen LogP contribution in [0.4, 0.5) is 5.69 Å². The summed E-state index contributed by atoms with van der Waals surface area (Å²) in [4.78, 5) is 28.7. The topological polar surface area (TPSA) is 96.0 Å². The van der Waals surface area contributed by atoms with Crippen molar-refractivity contribution < 1.29 is 22.7 Å². The third kappa shape index (κ3) is 7.41. The molecule has 0 saturated carbocycles. The first-order valence-corrected chi connectivity index (χ1v) is 14.8. The van der Waals surface area contributed by atoms with E-state index in [1.165, 1.54) is 17.0 Å². The third-order valence-corrected chi connectivity index (χ3v) is 8.70. The van der Waals surface area contributed by atoms with Gasteiger partial charge in [-0.2, -0.15) is 0 Å². The van der Waals surface area contributed by atoms with Crippen LogP contribution in [0.3, 0.4) is 0 Å². The Bertz CT molecular complexity index is 1410. The second-order valence-electron chi connectivity index (χ2n) is 9.98. The van der Waals surface area contributed by atoms with E-state index in [1.54, 1.807) is 50.4 Å². The first kappa shape index (κ1) is 30.7. The average molecular weight is 566 g/mol. The fourth-order valence-corrected chi connectivity index (χ4v) is 5.69. The summed E-state index contributed by atoms with van der Waals surface area (Å²) in [6, 6.07) is 19.8. The van der Waals surface area contributed by atoms with E-state index in [0.717, 1.165) is 21.9 Å². The fraction of sp³-hybridized carbons (Fsp3) is 0.355. The van der Waals surface area contributed by atoms with Crippen LogP contribution in [-0.2, 0) is 26.2 Å². The van der Waals surface area contributed by atoms with Crippen LogP contribution in [-0.4, -0.2) is 50.9 Å². The number of benzene rings is 3. The maximum atomic E-state index is 14.0. The van der Waals surface area contributed by atoms with E-state index in [9.17, 15) is 18.0 Å². The molecule has 0 spiro atoms. The molecule has 0 fully saturated rings. The summed E-state index contributed by atoms with van der Waals surface area (Å²) in [6.07, 6.45) is 0.737. The number of nitrogens with zero attached hydrogens (tertiary/aromatic N) is 2. The molecule has 3 rings (SSSR count). The number of carbonyl (C=O) groups excluding carboxylic acids is 2. The number of hydrogen-bond acceptors (Lipinski definition) is 5. The molecular formula is C31H39N3O5S. The van der Waals surface area contributed by atoms with Crippen molar-refractivity contribution in [2.24, 2.45) is 0 Å². The number of ether oxygens (including phenoxy) is 1. The van der Waals surface area contributed by atoms with Gasteiger partial charge in [0, 0.05) is 12.6 Å². The number of methoxy groups -OCH3 is 1. The molecule has 0 bridgehead atoms. The lowest BCUT2D eigenvalue weighted by atomic mass is 10.1. The molecule has 40 heavy (non-hydrogen) atoms. The van der Waals surface area contributed by atoms with Crippen molar-refractivity contribution in [3.8, 4) is 5.75 Å². The maximum absolute atomic E-state index is 14.0. The maximum Gasteiger partial charge on any atom is 0.264 e. The molecule has 1 N–H and O–H groups in total. The van der Waals surface area contributed by atoms with Crippen LogP contribution in [0.5, 0.6) is 5.75 Å². The van der Waals surface area contributed by atoms with Crippen molar-refractivity contribution >= 4 is 27.5 Å². The van der Waals surface area contributed by atoms with Crippen molar-refractivity contribution in [3.05, 3.63) is 89.5 Å². The van der Waals surface area contributed by atoms with Gasteiger partial charge in [-0.25, -0.2) is 8.42 Å². The quantitative estimate of drug-likeness (QED) is 0.339. The number of sulfonamides is 1. The number of carbonyl (C=O) groups is 2. The van der Waals surface area contributed by atoms with Crippen LogP contribution < -0.4 is 14.4 Å². The highest BCUT2D eigenvalue weighted by molar-refractivity contribution is 7.92. The largest absolute Gasteiger partial charge is 0.497 e. The number of hydrogen-bond donors (Lipinski definition) is 1. The minimum absolute atomic E-state index is 0.0715. The number of nitrogens with one attached hydrogen (secondary N) is 1. The lowest BCUT2D eigenvalue weighted by molar-refractivity contribution is -0.139. The van der Waals surface area contributed by atoms with Crippen molar-refractivity contribution in [2.75, 3.05) is 18.0 Å². The standard InChI is InChI=1S/C31H39N3O5S/c1-7-24(4)32-31(36)25(5)33(20-26-15-17-27(39-6)18-16-26)30(35)21-34(29-19-22(2)13-14-23(29)3)40(37,38)28-11-9-8-10-12-28/h8-19,24-25H,7,20-21H2,1-6H3,(H,32,36)/t24-,25-/m0/s1. The SMILES string of the molecule is CC[C@H](C)NC(=O)[C@H](C)N(Cc1ccc(OC)cc1)C(=O)CN(c1cc(C)ccc1C)S(=O)(=O)c1ccccc1. The summed E-state index contributed by atoms with van der Waals surface area (Å²) in [5, 5.41) is 2.94. The van der Waals surface area contributed by atoms with E-state index < -0.39 is 28.5 Å². The third-order valence-electron chi connectivity index (χ3n) is 6.92. The minimum atomic E-state index is -4.10. The fourth-order valence-electron chi connectivity index (χ4n) is 4.20. The molecule has 2 atom stereocenters. The molecule has 3 aromatic rings. The Labute approximate surface area is 238 Å². The molecule has 3 aromatic carbocycles. The Hall–Kier alpha value is -3.85. The van der Waals surface area contributed by atoms with Gasteiger partial charge in [0.05, 0.1) is 17.7 Å². The first-order valence-electron chi connectivity index (χ1n) is 13.4. The summed E-state index contributed by atoms with van der Waals surface area (Å²) >= 11 is 0. The van der Waals surface area contributed by atoms with Crippen LogP contribution in [0.1, 0.15) is 43.9 Å². The van der Waals surface area contributed by atoms with Crippen molar-refractivity contribution in [1.82, 2.24) is 10.2 Å². The average Bonchev–Trinajstić information content (AvgIpc) is 2.96. The molecule has 0 aliphatic rings. The molecule has 0 heterocycles. The van der Waals surface area contributed by atoms with Crippen LogP contribution >= 0.6 is 0 Å². The van der Waals surface area contributed by atoms with Crippen LogP contribution in [0.2, 0.25) is 0 Å². The Kier molecular flexibility index (Phi) is 10.3. The second kappa shape index (κ2) is 13.5. The first-order chi connectivity index (χ1) is 19.0. The molecule has 0 aromatic heterocycles. The Morgan fingerprint density at radius 3 is 2.20 bits per heavy atom. The Morgan fingerprint density at radius 2 is 1.60 bits per heavy atom. The van der Waals surface area contributed by atoms with E-state index in [2.05, 4.69) is 5.32 Å². The van der Waals surface area contributed by atoms with Gasteiger partial charge in [-0.15, -0.1) is 0 Å². The van der Waals surface area contributed by atoms with Gasteiger partial charge in [0.15, 0.2) is 0 Å². The second-order valence-corrected chi connectivity index (χ2v) is 11.8. The molecule has 214 valence electrons. The molecule has 0 radical (unpaired) electrons. The Morgan fingerprint density at radius 1 is 0.950 bits per heavy atom. The van der Waals surface area contributed by atoms with E-state index in [1.807, 2.05) is 52.0 Å². The minimum Gasteiger partial charge on any atom is -0.497 e. The van der Waals surface area contributed by atoms with Crippen LogP contribution in [0.15, 0.2) is 77.7 Å². The van der Waals surface area contributed by atoms with Gasteiger partial charge in [-0.1, -0.05) is 49.4 Å². The van der Waals surface area contributed by atoms with E-state index >= 15 is 0 Å². The Balaban J connectivity index is 2.05. The summed E-state index contributed by atoms with van der Waals surface area (Å²) in [7, 11) is -2.53. The molecule has 0 aliphatic heterocycles. The lowest BCUT2D eigenvalue weighted by Crippen LogP contribution is -2.52. The van der Waals surface area contributed by atoms with Gasteiger partial charge in [0.2, 0.25) is 11.8 Å².